The first-order valence-electron chi connectivity index (χ1n) is 5.64. The first-order chi connectivity index (χ1) is 9.54. The molecule has 0 aliphatic carbocycles. The predicted molar refractivity (Wildman–Crippen MR) is 69.8 cm³/mol. The number of nitrogens with zero attached hydrogens (tertiary/aromatic N) is 4. The summed E-state index contributed by atoms with van der Waals surface area (Å²) in [5.74, 6) is -0.175. The van der Waals surface area contributed by atoms with Crippen LogP contribution >= 0.6 is 0 Å². The van der Waals surface area contributed by atoms with Crippen molar-refractivity contribution in [2.45, 2.75) is 0 Å². The van der Waals surface area contributed by atoms with Crippen molar-refractivity contribution >= 4 is 17.3 Å². The fraction of sp³-hybridized carbons (Fsp3) is 0.400. The maximum atomic E-state index is 10.7. The molecular weight excluding hydrogens is 270 g/mol. The molecule has 5 N–H and O–H groups in total. The average molecular weight is 285 g/mol. The lowest BCUT2D eigenvalue weighted by Crippen LogP contribution is -2.33. The molecular formula is C10H15N5O5. The van der Waals surface area contributed by atoms with E-state index in [0.29, 0.717) is 0 Å². The molecule has 0 radical (unpaired) electrons. The predicted octanol–water partition coefficient (Wildman–Crippen LogP) is -1.12. The van der Waals surface area contributed by atoms with Crippen LogP contribution in [-0.4, -0.2) is 57.5 Å². The van der Waals surface area contributed by atoms with Crippen LogP contribution < -0.4 is 10.6 Å². The highest BCUT2D eigenvalue weighted by atomic mass is 16.6. The van der Waals surface area contributed by atoms with Crippen LogP contribution in [0.4, 0.5) is 11.5 Å². The van der Waals surface area contributed by atoms with E-state index in [-0.39, 0.29) is 49.2 Å². The molecule has 0 bridgehead atoms. The number of nitro groups is 1. The lowest BCUT2D eigenvalue weighted by atomic mass is 10.2. The Morgan fingerprint density at radius 3 is 2.50 bits per heavy atom. The number of hydrogen-bond acceptors (Lipinski definition) is 8. The molecule has 10 heteroatoms. The Labute approximate surface area is 113 Å². The minimum absolute atomic E-state index is 0.0450. The van der Waals surface area contributed by atoms with Gasteiger partial charge in [-0.05, 0) is 0 Å². The maximum absolute atomic E-state index is 10.7. The Morgan fingerprint density at radius 2 is 2.05 bits per heavy atom. The Kier molecular flexibility index (Phi) is 5.62. The van der Waals surface area contributed by atoms with Crippen LogP contribution in [0.3, 0.4) is 0 Å². The molecule has 0 amide bonds. The van der Waals surface area contributed by atoms with E-state index in [9.17, 15) is 10.1 Å². The Bertz CT molecular complexity index is 501. The molecule has 1 aromatic heterocycles. The Hall–Kier alpha value is -2.46. The van der Waals surface area contributed by atoms with Crippen LogP contribution in [-0.2, 0) is 0 Å². The highest BCUT2D eigenvalue weighted by Crippen LogP contribution is 2.22. The second-order valence-electron chi connectivity index (χ2n) is 3.74. The fourth-order valence-electron chi connectivity index (χ4n) is 1.61. The van der Waals surface area contributed by atoms with Gasteiger partial charge in [-0.1, -0.05) is 5.16 Å². The number of aromatic nitrogens is 1. The molecule has 0 saturated carbocycles. The van der Waals surface area contributed by atoms with Crippen molar-refractivity contribution in [2.75, 3.05) is 31.2 Å². The van der Waals surface area contributed by atoms with Crippen molar-refractivity contribution in [1.29, 1.82) is 0 Å². The Morgan fingerprint density at radius 1 is 1.45 bits per heavy atom. The maximum Gasteiger partial charge on any atom is 0.288 e. The molecule has 0 aliphatic heterocycles. The molecule has 0 atom stereocenters. The van der Waals surface area contributed by atoms with Gasteiger partial charge in [-0.25, -0.2) is 4.98 Å². The van der Waals surface area contributed by atoms with E-state index in [1.54, 1.807) is 0 Å². The van der Waals surface area contributed by atoms with E-state index in [4.69, 9.17) is 21.2 Å². The van der Waals surface area contributed by atoms with Crippen molar-refractivity contribution in [3.63, 3.8) is 0 Å². The van der Waals surface area contributed by atoms with Crippen molar-refractivity contribution < 1.29 is 20.3 Å². The summed E-state index contributed by atoms with van der Waals surface area (Å²) < 4.78 is 0. The second kappa shape index (κ2) is 7.21. The molecule has 0 aromatic carbocycles. The number of rotatable bonds is 7. The van der Waals surface area contributed by atoms with Crippen LogP contribution in [0, 0.1) is 10.1 Å². The smallest absolute Gasteiger partial charge is 0.288 e. The highest BCUT2D eigenvalue weighted by molar-refractivity contribution is 6.01. The quantitative estimate of drug-likeness (QED) is 0.161. The van der Waals surface area contributed by atoms with E-state index in [0.717, 1.165) is 12.3 Å². The third kappa shape index (κ3) is 3.52. The van der Waals surface area contributed by atoms with Gasteiger partial charge in [0.2, 0.25) is 0 Å². The van der Waals surface area contributed by atoms with Gasteiger partial charge in [-0.3, -0.25) is 10.1 Å². The summed E-state index contributed by atoms with van der Waals surface area (Å²) in [6, 6.07) is 1.11. The summed E-state index contributed by atoms with van der Waals surface area (Å²) in [5.41, 5.74) is 5.21. The van der Waals surface area contributed by atoms with Crippen LogP contribution in [0.5, 0.6) is 0 Å². The first-order valence-corrected chi connectivity index (χ1v) is 5.64. The zero-order chi connectivity index (χ0) is 15.1. The van der Waals surface area contributed by atoms with Crippen LogP contribution in [0.15, 0.2) is 17.4 Å². The Balaban J connectivity index is 3.32. The van der Waals surface area contributed by atoms with E-state index in [2.05, 4.69) is 10.1 Å². The average Bonchev–Trinajstić information content (AvgIpc) is 2.45. The van der Waals surface area contributed by atoms with Gasteiger partial charge in [0.05, 0.1) is 23.7 Å². The number of anilines is 1. The van der Waals surface area contributed by atoms with Gasteiger partial charge in [0, 0.05) is 19.2 Å². The lowest BCUT2D eigenvalue weighted by Gasteiger charge is -2.23. The zero-order valence-corrected chi connectivity index (χ0v) is 10.5. The van der Waals surface area contributed by atoms with E-state index >= 15 is 0 Å². The van der Waals surface area contributed by atoms with Crippen molar-refractivity contribution in [3.05, 3.63) is 27.9 Å². The standard InChI is InChI=1S/C10H15N5O5/c11-9(13-18)8-5-7(15(19)20)6-12-10(8)14(1-3-16)2-4-17/h5-6,16-18H,1-4H2,(H2,11,13). The van der Waals surface area contributed by atoms with Crippen molar-refractivity contribution in [3.8, 4) is 0 Å². The number of pyridine rings is 1. The normalized spacial score (nSPS) is 11.4. The molecule has 0 unspecified atom stereocenters. The molecule has 1 heterocycles. The van der Waals surface area contributed by atoms with Gasteiger partial charge < -0.3 is 26.1 Å². The highest BCUT2D eigenvalue weighted by Gasteiger charge is 2.19. The van der Waals surface area contributed by atoms with Gasteiger partial charge in [-0.2, -0.15) is 0 Å². The number of hydrogen-bond donors (Lipinski definition) is 4. The summed E-state index contributed by atoms with van der Waals surface area (Å²) in [7, 11) is 0. The number of aliphatic hydroxyl groups is 2. The molecule has 110 valence electrons. The van der Waals surface area contributed by atoms with Crippen LogP contribution in [0.2, 0.25) is 0 Å². The SMILES string of the molecule is NC(=NO)c1cc([N+](=O)[O-])cnc1N(CCO)CCO. The zero-order valence-electron chi connectivity index (χ0n) is 10.5. The lowest BCUT2D eigenvalue weighted by molar-refractivity contribution is -0.385. The molecule has 0 spiro atoms. The number of aliphatic hydroxyl groups excluding tert-OH is 2. The summed E-state index contributed by atoms with van der Waals surface area (Å²) >= 11 is 0. The van der Waals surface area contributed by atoms with Gasteiger partial charge >= 0.3 is 0 Å². The summed E-state index contributed by atoms with van der Waals surface area (Å²) in [5, 5.41) is 40.2. The monoisotopic (exact) mass is 285 g/mol. The molecule has 0 saturated heterocycles. The molecule has 20 heavy (non-hydrogen) atoms. The number of nitrogens with two attached hydrogens (primary N) is 1. The van der Waals surface area contributed by atoms with E-state index < -0.39 is 4.92 Å². The summed E-state index contributed by atoms with van der Waals surface area (Å²) in [6.07, 6.45) is 1.02. The molecule has 0 aliphatic rings. The molecule has 1 rings (SSSR count). The van der Waals surface area contributed by atoms with Gasteiger partial charge in [-0.15, -0.1) is 0 Å². The van der Waals surface area contributed by atoms with Gasteiger partial charge in [0.1, 0.15) is 12.0 Å². The number of oxime groups is 1. The minimum atomic E-state index is -0.659. The third-order valence-corrected chi connectivity index (χ3v) is 2.49. The number of amidine groups is 1. The fourth-order valence-corrected chi connectivity index (χ4v) is 1.61. The van der Waals surface area contributed by atoms with Gasteiger partial charge in [0.15, 0.2) is 5.84 Å². The van der Waals surface area contributed by atoms with Crippen LogP contribution in [0.1, 0.15) is 5.56 Å². The van der Waals surface area contributed by atoms with Crippen molar-refractivity contribution in [1.82, 2.24) is 4.98 Å². The molecule has 0 fully saturated rings. The van der Waals surface area contributed by atoms with Crippen molar-refractivity contribution in [2.24, 2.45) is 10.9 Å². The molecule has 1 aromatic rings. The minimum Gasteiger partial charge on any atom is -0.409 e. The first kappa shape index (κ1) is 15.6. The second-order valence-corrected chi connectivity index (χ2v) is 3.74. The third-order valence-electron chi connectivity index (χ3n) is 2.49. The summed E-state index contributed by atoms with van der Waals surface area (Å²) in [4.78, 5) is 15.4. The van der Waals surface area contributed by atoms with Crippen LogP contribution in [0.25, 0.3) is 0 Å². The van der Waals surface area contributed by atoms with E-state index in [1.165, 1.54) is 4.90 Å². The summed E-state index contributed by atoms with van der Waals surface area (Å²) in [6.45, 7) is -0.156. The van der Waals surface area contributed by atoms with Gasteiger partial charge in [0.25, 0.3) is 5.69 Å². The molecule has 10 nitrogen and oxygen atoms in total. The van der Waals surface area contributed by atoms with E-state index in [1.807, 2.05) is 0 Å². The largest absolute Gasteiger partial charge is 0.409 e. The topological polar surface area (TPSA) is 158 Å².